The summed E-state index contributed by atoms with van der Waals surface area (Å²) in [7, 11) is -3.77. The van der Waals surface area contributed by atoms with Gasteiger partial charge in [0.25, 0.3) is 10.0 Å². The molecule has 0 spiro atoms. The number of carbonyl (C=O) groups excluding carboxylic acids is 2. The Labute approximate surface area is 166 Å². The van der Waals surface area contributed by atoms with Gasteiger partial charge in [0.2, 0.25) is 5.91 Å². The average molecular weight is 415 g/mol. The first-order valence-electron chi connectivity index (χ1n) is 8.34. The van der Waals surface area contributed by atoms with Gasteiger partial charge in [-0.2, -0.15) is 0 Å². The molecule has 0 aliphatic heterocycles. The number of sulfonamides is 1. The molecular weight excluding hydrogens is 398 g/mol. The molecule has 2 aromatic heterocycles. The van der Waals surface area contributed by atoms with Crippen LogP contribution >= 0.6 is 11.3 Å². The molecule has 3 rings (SSSR count). The Morgan fingerprint density at radius 2 is 1.75 bits per heavy atom. The topological polar surface area (TPSA) is 105 Å². The van der Waals surface area contributed by atoms with Crippen molar-refractivity contribution in [2.45, 2.75) is 17.7 Å². The largest absolute Gasteiger partial charge is 0.326 e. The first-order valence-corrected chi connectivity index (χ1v) is 10.7. The molecule has 0 atom stereocenters. The summed E-state index contributed by atoms with van der Waals surface area (Å²) < 4.78 is 27.1. The molecule has 0 saturated carbocycles. The van der Waals surface area contributed by atoms with E-state index in [1.165, 1.54) is 41.8 Å². The fraction of sp³-hybridized carbons (Fsp3) is 0.105. The van der Waals surface area contributed by atoms with Crippen molar-refractivity contribution in [1.29, 1.82) is 0 Å². The molecule has 2 heterocycles. The minimum absolute atomic E-state index is 0.0454. The standard InChI is InChI=1S/C19H17N3O4S2/c23-16(17-4-3-13-27-17)10-11-19(24)21-14-6-8-15(9-7-14)28(25,26)22-18-5-1-2-12-20-18/h1-9,12-13H,10-11H2,(H,20,22)(H,21,24). The highest BCUT2D eigenvalue weighted by atomic mass is 32.2. The fourth-order valence-electron chi connectivity index (χ4n) is 2.35. The lowest BCUT2D eigenvalue weighted by molar-refractivity contribution is -0.116. The second-order valence-corrected chi connectivity index (χ2v) is 8.42. The third kappa shape index (κ3) is 5.24. The third-order valence-corrected chi connectivity index (χ3v) is 6.01. The SMILES string of the molecule is O=C(CCC(=O)c1cccs1)Nc1ccc(S(=O)(=O)Nc2ccccn2)cc1. The van der Waals surface area contributed by atoms with E-state index in [4.69, 9.17) is 0 Å². The summed E-state index contributed by atoms with van der Waals surface area (Å²) >= 11 is 1.34. The van der Waals surface area contributed by atoms with Gasteiger partial charge in [0.1, 0.15) is 5.82 Å². The van der Waals surface area contributed by atoms with Gasteiger partial charge in [0.05, 0.1) is 9.77 Å². The first-order chi connectivity index (χ1) is 13.4. The van der Waals surface area contributed by atoms with E-state index in [1.54, 1.807) is 30.3 Å². The Balaban J connectivity index is 1.56. The third-order valence-electron chi connectivity index (χ3n) is 3.73. The Bertz CT molecular complexity index is 1050. The number of anilines is 2. The number of carbonyl (C=O) groups is 2. The number of aromatic nitrogens is 1. The minimum atomic E-state index is -3.77. The Hall–Kier alpha value is -3.04. The number of Topliss-reactive ketones (excluding diaryl/α,β-unsaturated/α-hetero) is 1. The molecule has 1 aromatic carbocycles. The molecule has 0 radical (unpaired) electrons. The smallest absolute Gasteiger partial charge is 0.263 e. The highest BCUT2D eigenvalue weighted by molar-refractivity contribution is 7.92. The molecule has 0 fully saturated rings. The maximum atomic E-state index is 12.4. The molecule has 0 saturated heterocycles. The summed E-state index contributed by atoms with van der Waals surface area (Å²) in [4.78, 5) is 28.5. The maximum absolute atomic E-state index is 12.4. The molecule has 0 aliphatic carbocycles. The predicted octanol–water partition coefficient (Wildman–Crippen LogP) is 3.55. The zero-order valence-electron chi connectivity index (χ0n) is 14.7. The van der Waals surface area contributed by atoms with Gasteiger partial charge in [-0.25, -0.2) is 13.4 Å². The van der Waals surface area contributed by atoms with E-state index in [0.29, 0.717) is 10.6 Å². The summed E-state index contributed by atoms with van der Waals surface area (Å²) in [6.07, 6.45) is 1.66. The van der Waals surface area contributed by atoms with Crippen LogP contribution in [0.1, 0.15) is 22.5 Å². The van der Waals surface area contributed by atoms with Crippen LogP contribution in [0.3, 0.4) is 0 Å². The number of pyridine rings is 1. The van der Waals surface area contributed by atoms with Crippen LogP contribution < -0.4 is 10.0 Å². The van der Waals surface area contributed by atoms with Crippen molar-refractivity contribution in [2.75, 3.05) is 10.0 Å². The zero-order valence-corrected chi connectivity index (χ0v) is 16.3. The number of nitrogens with zero attached hydrogens (tertiary/aromatic N) is 1. The van der Waals surface area contributed by atoms with Crippen LogP contribution in [-0.4, -0.2) is 25.1 Å². The molecule has 0 aliphatic rings. The molecule has 3 aromatic rings. The van der Waals surface area contributed by atoms with Crippen molar-refractivity contribution in [3.63, 3.8) is 0 Å². The minimum Gasteiger partial charge on any atom is -0.326 e. The molecule has 2 N–H and O–H groups in total. The van der Waals surface area contributed by atoms with Gasteiger partial charge in [-0.1, -0.05) is 12.1 Å². The highest BCUT2D eigenvalue weighted by Crippen LogP contribution is 2.18. The molecule has 0 bridgehead atoms. The van der Waals surface area contributed by atoms with Crippen LogP contribution in [0.25, 0.3) is 0 Å². The van der Waals surface area contributed by atoms with Crippen LogP contribution in [0.15, 0.2) is 71.1 Å². The highest BCUT2D eigenvalue weighted by Gasteiger charge is 2.15. The molecule has 0 unspecified atom stereocenters. The lowest BCUT2D eigenvalue weighted by atomic mass is 10.2. The van der Waals surface area contributed by atoms with E-state index in [-0.39, 0.29) is 35.2 Å². The zero-order chi connectivity index (χ0) is 20.0. The molecule has 7 nitrogen and oxygen atoms in total. The van der Waals surface area contributed by atoms with Crippen molar-refractivity contribution in [2.24, 2.45) is 0 Å². The summed E-state index contributed by atoms with van der Waals surface area (Å²) in [6.45, 7) is 0. The average Bonchev–Trinajstić information content (AvgIpc) is 3.22. The molecular formula is C19H17N3O4S2. The van der Waals surface area contributed by atoms with Crippen LogP contribution in [0.5, 0.6) is 0 Å². The number of nitrogens with one attached hydrogen (secondary N) is 2. The fourth-order valence-corrected chi connectivity index (χ4v) is 4.05. The summed E-state index contributed by atoms with van der Waals surface area (Å²) in [5, 5.41) is 4.47. The van der Waals surface area contributed by atoms with Crippen LogP contribution in [0, 0.1) is 0 Å². The number of benzene rings is 1. The Morgan fingerprint density at radius 1 is 0.964 bits per heavy atom. The maximum Gasteiger partial charge on any atom is 0.263 e. The van der Waals surface area contributed by atoms with E-state index in [1.807, 2.05) is 5.38 Å². The van der Waals surface area contributed by atoms with Gasteiger partial charge in [-0.15, -0.1) is 11.3 Å². The van der Waals surface area contributed by atoms with Crippen molar-refractivity contribution in [1.82, 2.24) is 4.98 Å². The van der Waals surface area contributed by atoms with E-state index >= 15 is 0 Å². The van der Waals surface area contributed by atoms with E-state index in [0.717, 1.165) is 0 Å². The molecule has 144 valence electrons. The van der Waals surface area contributed by atoms with Gasteiger partial charge < -0.3 is 5.32 Å². The number of thiophene rings is 1. The number of amides is 1. The van der Waals surface area contributed by atoms with Gasteiger partial charge in [-0.3, -0.25) is 14.3 Å². The van der Waals surface area contributed by atoms with Crippen molar-refractivity contribution < 1.29 is 18.0 Å². The number of ketones is 1. The van der Waals surface area contributed by atoms with Gasteiger partial charge >= 0.3 is 0 Å². The second-order valence-electron chi connectivity index (χ2n) is 5.79. The summed E-state index contributed by atoms with van der Waals surface area (Å²) in [6, 6.07) is 14.2. The Morgan fingerprint density at radius 3 is 2.39 bits per heavy atom. The van der Waals surface area contributed by atoms with Crippen LogP contribution in [-0.2, 0) is 14.8 Å². The first kappa shape index (κ1) is 19.7. The summed E-state index contributed by atoms with van der Waals surface area (Å²) in [5.41, 5.74) is 0.449. The lowest BCUT2D eigenvalue weighted by Gasteiger charge is -2.09. The van der Waals surface area contributed by atoms with Gasteiger partial charge in [0, 0.05) is 24.7 Å². The normalized spacial score (nSPS) is 11.0. The van der Waals surface area contributed by atoms with E-state index < -0.39 is 10.0 Å². The van der Waals surface area contributed by atoms with Gasteiger partial charge in [-0.05, 0) is 47.8 Å². The number of hydrogen-bond donors (Lipinski definition) is 2. The monoisotopic (exact) mass is 415 g/mol. The molecule has 1 amide bonds. The number of rotatable bonds is 8. The predicted molar refractivity (Wildman–Crippen MR) is 108 cm³/mol. The molecule has 28 heavy (non-hydrogen) atoms. The van der Waals surface area contributed by atoms with E-state index in [2.05, 4.69) is 15.0 Å². The number of hydrogen-bond acceptors (Lipinski definition) is 6. The lowest BCUT2D eigenvalue weighted by Crippen LogP contribution is -2.15. The Kier molecular flexibility index (Phi) is 6.17. The van der Waals surface area contributed by atoms with Crippen LogP contribution in [0.2, 0.25) is 0 Å². The quantitative estimate of drug-likeness (QED) is 0.548. The summed E-state index contributed by atoms with van der Waals surface area (Å²) in [5.74, 6) is -0.172. The van der Waals surface area contributed by atoms with Crippen molar-refractivity contribution >= 4 is 44.6 Å². The van der Waals surface area contributed by atoms with Crippen molar-refractivity contribution in [3.8, 4) is 0 Å². The second kappa shape index (κ2) is 8.77. The molecule has 9 heteroatoms. The van der Waals surface area contributed by atoms with Gasteiger partial charge in [0.15, 0.2) is 5.78 Å². The van der Waals surface area contributed by atoms with Crippen LogP contribution in [0.4, 0.5) is 11.5 Å². The van der Waals surface area contributed by atoms with Crippen molar-refractivity contribution in [3.05, 3.63) is 71.1 Å². The van der Waals surface area contributed by atoms with E-state index in [9.17, 15) is 18.0 Å².